The first-order chi connectivity index (χ1) is 15.7. The van der Waals surface area contributed by atoms with Crippen LogP contribution in [0.15, 0.2) is 42.7 Å². The van der Waals surface area contributed by atoms with Gasteiger partial charge < -0.3 is 9.84 Å². The predicted molar refractivity (Wildman–Crippen MR) is 121 cm³/mol. The first-order valence-corrected chi connectivity index (χ1v) is 11.2. The minimum Gasteiger partial charge on any atom is -0.485 e. The van der Waals surface area contributed by atoms with Gasteiger partial charge in [-0.25, -0.2) is 18.7 Å². The van der Waals surface area contributed by atoms with E-state index in [1.54, 1.807) is 35.9 Å². The number of benzene rings is 1. The number of aryl methyl sites for hydroxylation is 2. The monoisotopic (exact) mass is 471 g/mol. The van der Waals surface area contributed by atoms with Crippen molar-refractivity contribution in [1.82, 2.24) is 14.4 Å². The molecule has 0 saturated carbocycles. The van der Waals surface area contributed by atoms with Crippen LogP contribution in [0.3, 0.4) is 0 Å². The molecule has 6 nitrogen and oxygen atoms in total. The molecule has 0 fully saturated rings. The number of aromatic nitrogens is 3. The molecule has 0 spiro atoms. The lowest BCUT2D eigenvalue weighted by molar-refractivity contribution is 0.0914. The first kappa shape index (κ1) is 23.0. The Labute approximate surface area is 193 Å². The summed E-state index contributed by atoms with van der Waals surface area (Å²) in [6.45, 7) is 4.89. The molecule has 1 unspecified atom stereocenters. The SMILES string of the molecule is Cc1ncc(C(C)(CO)CC(=O)c2c(C)nc3c(OCc4c(F)cccc4F)cccn23)s1. The average Bonchev–Trinajstić information content (AvgIpc) is 3.36. The molecule has 1 atom stereocenters. The summed E-state index contributed by atoms with van der Waals surface area (Å²) in [6, 6.07) is 6.93. The fraction of sp³-hybridized carbons (Fsp3) is 0.292. The standard InChI is InChI=1S/C24H23F2N3O3S/c1-14-22(19(31)10-24(3,13-30)21-11-27-15(2)33-21)29-9-5-8-20(23(29)28-14)32-12-16-17(25)6-4-7-18(16)26/h4-9,11,30H,10,12-13H2,1-3H3. The number of Topliss-reactive ketones (excluding diaryl/α,β-unsaturated/α-hetero) is 1. The van der Waals surface area contributed by atoms with Crippen LogP contribution >= 0.6 is 11.3 Å². The largest absolute Gasteiger partial charge is 0.485 e. The number of nitrogens with zero attached hydrogens (tertiary/aromatic N) is 3. The number of fused-ring (bicyclic) bond motifs is 1. The number of pyridine rings is 1. The van der Waals surface area contributed by atoms with E-state index in [4.69, 9.17) is 4.74 Å². The van der Waals surface area contributed by atoms with Crippen molar-refractivity contribution in [2.75, 3.05) is 6.61 Å². The summed E-state index contributed by atoms with van der Waals surface area (Å²) in [5.74, 6) is -1.29. The van der Waals surface area contributed by atoms with Crippen LogP contribution in [-0.4, -0.2) is 31.9 Å². The number of ketones is 1. The maximum Gasteiger partial charge on any atom is 0.182 e. The number of ether oxygens (including phenoxy) is 1. The highest BCUT2D eigenvalue weighted by Gasteiger charge is 2.33. The molecule has 3 heterocycles. The van der Waals surface area contributed by atoms with Gasteiger partial charge in [0.05, 0.1) is 22.9 Å². The molecule has 0 radical (unpaired) electrons. The molecule has 1 N–H and O–H groups in total. The summed E-state index contributed by atoms with van der Waals surface area (Å²) in [7, 11) is 0. The molecule has 0 aliphatic rings. The fourth-order valence-corrected chi connectivity index (χ4v) is 4.64. The number of halogens is 2. The lowest BCUT2D eigenvalue weighted by atomic mass is 9.84. The molecule has 0 aliphatic carbocycles. The van der Waals surface area contributed by atoms with Gasteiger partial charge in [0.1, 0.15) is 23.9 Å². The van der Waals surface area contributed by atoms with Crippen LogP contribution in [0.25, 0.3) is 5.65 Å². The van der Waals surface area contributed by atoms with E-state index in [0.717, 1.165) is 9.88 Å². The maximum atomic E-state index is 14.0. The molecule has 0 aliphatic heterocycles. The highest BCUT2D eigenvalue weighted by molar-refractivity contribution is 7.11. The van der Waals surface area contributed by atoms with Crippen LogP contribution in [0.4, 0.5) is 8.78 Å². The van der Waals surface area contributed by atoms with Crippen molar-refractivity contribution in [3.8, 4) is 5.75 Å². The Hall–Kier alpha value is -3.17. The first-order valence-electron chi connectivity index (χ1n) is 10.3. The Morgan fingerprint density at radius 3 is 2.58 bits per heavy atom. The summed E-state index contributed by atoms with van der Waals surface area (Å²) in [5, 5.41) is 10.9. The van der Waals surface area contributed by atoms with E-state index in [9.17, 15) is 18.7 Å². The topological polar surface area (TPSA) is 76.7 Å². The summed E-state index contributed by atoms with van der Waals surface area (Å²) >= 11 is 1.45. The maximum absolute atomic E-state index is 14.0. The molecule has 1 aromatic carbocycles. The van der Waals surface area contributed by atoms with E-state index in [2.05, 4.69) is 9.97 Å². The minimum absolute atomic E-state index is 0.0608. The van der Waals surface area contributed by atoms with Crippen LogP contribution < -0.4 is 4.74 Å². The van der Waals surface area contributed by atoms with Gasteiger partial charge in [-0.1, -0.05) is 13.0 Å². The zero-order chi connectivity index (χ0) is 23.8. The average molecular weight is 472 g/mol. The van der Waals surface area contributed by atoms with E-state index in [1.807, 2.05) is 13.8 Å². The summed E-state index contributed by atoms with van der Waals surface area (Å²) < 4.78 is 35.2. The van der Waals surface area contributed by atoms with Crippen LogP contribution in [0.5, 0.6) is 5.75 Å². The van der Waals surface area contributed by atoms with E-state index in [1.165, 1.54) is 29.5 Å². The van der Waals surface area contributed by atoms with Gasteiger partial charge in [-0.15, -0.1) is 11.3 Å². The Morgan fingerprint density at radius 1 is 1.21 bits per heavy atom. The van der Waals surface area contributed by atoms with Crippen molar-refractivity contribution >= 4 is 22.8 Å². The van der Waals surface area contributed by atoms with Crippen LogP contribution in [-0.2, 0) is 12.0 Å². The van der Waals surface area contributed by atoms with Crippen molar-refractivity contribution in [2.24, 2.45) is 0 Å². The van der Waals surface area contributed by atoms with Gasteiger partial charge in [0.15, 0.2) is 17.2 Å². The second-order valence-corrected chi connectivity index (χ2v) is 9.40. The molecule has 0 amide bonds. The highest BCUT2D eigenvalue weighted by Crippen LogP contribution is 2.34. The zero-order valence-corrected chi connectivity index (χ0v) is 19.2. The van der Waals surface area contributed by atoms with Crippen molar-refractivity contribution in [1.29, 1.82) is 0 Å². The van der Waals surface area contributed by atoms with Gasteiger partial charge in [0.2, 0.25) is 0 Å². The van der Waals surface area contributed by atoms with E-state index in [0.29, 0.717) is 22.8 Å². The van der Waals surface area contributed by atoms with E-state index < -0.39 is 17.0 Å². The third kappa shape index (κ3) is 4.38. The predicted octanol–water partition coefficient (Wildman–Crippen LogP) is 4.79. The molecule has 172 valence electrons. The quantitative estimate of drug-likeness (QED) is 0.374. The van der Waals surface area contributed by atoms with Crippen molar-refractivity contribution in [2.45, 2.75) is 39.2 Å². The smallest absolute Gasteiger partial charge is 0.182 e. The number of rotatable bonds is 8. The zero-order valence-electron chi connectivity index (χ0n) is 18.4. The molecular weight excluding hydrogens is 448 g/mol. The lowest BCUT2D eigenvalue weighted by Crippen LogP contribution is -2.29. The Balaban J connectivity index is 1.64. The van der Waals surface area contributed by atoms with E-state index >= 15 is 0 Å². The molecular formula is C24H23F2N3O3S. The molecule has 3 aromatic heterocycles. The third-order valence-corrected chi connectivity index (χ3v) is 6.82. The Bertz CT molecular complexity index is 1310. The van der Waals surface area contributed by atoms with Gasteiger partial charge >= 0.3 is 0 Å². The Morgan fingerprint density at radius 2 is 1.94 bits per heavy atom. The summed E-state index contributed by atoms with van der Waals surface area (Å²) in [5.41, 5.74) is 0.269. The van der Waals surface area contributed by atoms with Crippen molar-refractivity contribution in [3.05, 3.63) is 81.2 Å². The number of aliphatic hydroxyl groups is 1. The van der Waals surface area contributed by atoms with Crippen LogP contribution in [0, 0.1) is 25.5 Å². The number of aliphatic hydroxyl groups excluding tert-OH is 1. The molecule has 0 bridgehead atoms. The van der Waals surface area contributed by atoms with Gasteiger partial charge in [-0.05, 0) is 38.1 Å². The van der Waals surface area contributed by atoms with Gasteiger partial charge in [-0.3, -0.25) is 9.20 Å². The molecule has 4 aromatic rings. The number of hydrogen-bond donors (Lipinski definition) is 1. The van der Waals surface area contributed by atoms with Crippen LogP contribution in [0.2, 0.25) is 0 Å². The van der Waals surface area contributed by atoms with Gasteiger partial charge in [-0.2, -0.15) is 0 Å². The molecule has 9 heteroatoms. The molecule has 33 heavy (non-hydrogen) atoms. The summed E-state index contributed by atoms with van der Waals surface area (Å²) in [6.07, 6.45) is 3.44. The fourth-order valence-electron chi connectivity index (χ4n) is 3.72. The van der Waals surface area contributed by atoms with Crippen LogP contribution in [0.1, 0.15) is 45.0 Å². The Kier molecular flexibility index (Phi) is 6.27. The number of carbonyl (C=O) groups excluding carboxylic acids is 1. The molecule has 0 saturated heterocycles. The van der Waals surface area contributed by atoms with E-state index in [-0.39, 0.29) is 31.0 Å². The number of thiazole rings is 1. The normalized spacial score (nSPS) is 13.3. The van der Waals surface area contributed by atoms with Gasteiger partial charge in [0, 0.05) is 29.1 Å². The third-order valence-electron chi connectivity index (χ3n) is 5.60. The molecule has 4 rings (SSSR count). The van der Waals surface area contributed by atoms with Crippen molar-refractivity contribution in [3.63, 3.8) is 0 Å². The van der Waals surface area contributed by atoms with Crippen molar-refractivity contribution < 1.29 is 23.4 Å². The minimum atomic E-state index is -0.782. The lowest BCUT2D eigenvalue weighted by Gasteiger charge is -2.24. The number of hydrogen-bond acceptors (Lipinski definition) is 6. The number of imidazole rings is 1. The van der Waals surface area contributed by atoms with Gasteiger partial charge in [0.25, 0.3) is 0 Å². The number of carbonyl (C=O) groups is 1. The second kappa shape index (κ2) is 8.99. The highest BCUT2D eigenvalue weighted by atomic mass is 32.1. The summed E-state index contributed by atoms with van der Waals surface area (Å²) in [4.78, 5) is 22.9. The second-order valence-electron chi connectivity index (χ2n) is 8.16.